The number of nitrogens with zero attached hydrogens (tertiary/aromatic N) is 1. The van der Waals surface area contributed by atoms with Crippen LogP contribution in [0.4, 0.5) is 4.39 Å². The number of hydrogen-bond acceptors (Lipinski definition) is 3. The van der Waals surface area contributed by atoms with Crippen molar-refractivity contribution in [2.45, 2.75) is 18.7 Å². The lowest BCUT2D eigenvalue weighted by molar-refractivity contribution is -0.129. The van der Waals surface area contributed by atoms with Crippen molar-refractivity contribution in [1.29, 1.82) is 0 Å². The first-order chi connectivity index (χ1) is 9.52. The molecule has 0 aliphatic carbocycles. The molecular formula is C15H22FNO2S. The van der Waals surface area contributed by atoms with E-state index in [1.54, 1.807) is 19.2 Å². The molecule has 20 heavy (non-hydrogen) atoms. The Hall–Kier alpha value is -1.07. The molecule has 0 spiro atoms. The standard InChI is InChI=1S/C15H22FNO2S/c1-12(2)10-17(8-9-19-3)15(18)11-20-14-6-4-13(16)5-7-14/h4-7,12H,8-11H2,1-3H3. The summed E-state index contributed by atoms with van der Waals surface area (Å²) in [5, 5.41) is 0. The maximum absolute atomic E-state index is 12.8. The summed E-state index contributed by atoms with van der Waals surface area (Å²) in [6, 6.07) is 6.19. The average Bonchev–Trinajstić information content (AvgIpc) is 2.42. The molecule has 0 heterocycles. The largest absolute Gasteiger partial charge is 0.383 e. The van der Waals surface area contributed by atoms with Gasteiger partial charge in [0.25, 0.3) is 0 Å². The molecule has 0 N–H and O–H groups in total. The van der Waals surface area contributed by atoms with Gasteiger partial charge in [0.15, 0.2) is 0 Å². The third-order valence-electron chi connectivity index (χ3n) is 2.68. The van der Waals surface area contributed by atoms with Crippen LogP contribution in [-0.4, -0.2) is 43.4 Å². The number of ether oxygens (including phenoxy) is 1. The highest BCUT2D eigenvalue weighted by molar-refractivity contribution is 8.00. The Labute approximate surface area is 124 Å². The first-order valence-electron chi connectivity index (χ1n) is 6.68. The Morgan fingerprint density at radius 3 is 2.55 bits per heavy atom. The smallest absolute Gasteiger partial charge is 0.233 e. The summed E-state index contributed by atoms with van der Waals surface area (Å²) in [4.78, 5) is 14.9. The van der Waals surface area contributed by atoms with Crippen molar-refractivity contribution >= 4 is 17.7 Å². The van der Waals surface area contributed by atoms with Crippen LogP contribution in [0.3, 0.4) is 0 Å². The Balaban J connectivity index is 2.49. The maximum atomic E-state index is 12.8. The summed E-state index contributed by atoms with van der Waals surface area (Å²) < 4.78 is 17.8. The number of amides is 1. The van der Waals surface area contributed by atoms with Crippen molar-refractivity contribution in [3.8, 4) is 0 Å². The number of carbonyl (C=O) groups is 1. The summed E-state index contributed by atoms with van der Waals surface area (Å²) in [6.07, 6.45) is 0. The summed E-state index contributed by atoms with van der Waals surface area (Å²) in [5.41, 5.74) is 0. The van der Waals surface area contributed by atoms with Gasteiger partial charge in [0.2, 0.25) is 5.91 Å². The van der Waals surface area contributed by atoms with Gasteiger partial charge in [0.1, 0.15) is 5.82 Å². The van der Waals surface area contributed by atoms with Crippen molar-refractivity contribution in [2.75, 3.05) is 32.6 Å². The predicted molar refractivity (Wildman–Crippen MR) is 80.4 cm³/mol. The number of rotatable bonds is 8. The van der Waals surface area contributed by atoms with E-state index in [0.717, 1.165) is 11.4 Å². The molecule has 0 saturated heterocycles. The van der Waals surface area contributed by atoms with E-state index in [-0.39, 0.29) is 11.7 Å². The van der Waals surface area contributed by atoms with Crippen LogP contribution >= 0.6 is 11.8 Å². The van der Waals surface area contributed by atoms with Gasteiger partial charge in [-0.15, -0.1) is 11.8 Å². The molecule has 1 aromatic carbocycles. The van der Waals surface area contributed by atoms with Gasteiger partial charge in [-0.2, -0.15) is 0 Å². The zero-order valence-electron chi connectivity index (χ0n) is 12.3. The van der Waals surface area contributed by atoms with Crippen molar-refractivity contribution in [1.82, 2.24) is 4.90 Å². The maximum Gasteiger partial charge on any atom is 0.233 e. The zero-order valence-corrected chi connectivity index (χ0v) is 13.1. The Kier molecular flexibility index (Phi) is 7.62. The van der Waals surface area contributed by atoms with E-state index in [1.807, 2.05) is 4.90 Å². The first kappa shape index (κ1) is 17.0. The van der Waals surface area contributed by atoms with Crippen LogP contribution in [0.25, 0.3) is 0 Å². The molecule has 0 bridgehead atoms. The highest BCUT2D eigenvalue weighted by atomic mass is 32.2. The Morgan fingerprint density at radius 2 is 2.00 bits per heavy atom. The molecule has 1 aromatic rings. The van der Waals surface area contributed by atoms with E-state index in [4.69, 9.17) is 4.74 Å². The van der Waals surface area contributed by atoms with Gasteiger partial charge < -0.3 is 9.64 Å². The molecule has 0 fully saturated rings. The van der Waals surface area contributed by atoms with E-state index >= 15 is 0 Å². The van der Waals surface area contributed by atoms with Crippen LogP contribution in [0.2, 0.25) is 0 Å². The second-order valence-corrected chi connectivity index (χ2v) is 6.02. The Morgan fingerprint density at radius 1 is 1.35 bits per heavy atom. The zero-order chi connectivity index (χ0) is 15.0. The molecule has 1 amide bonds. The minimum absolute atomic E-state index is 0.0880. The minimum Gasteiger partial charge on any atom is -0.383 e. The summed E-state index contributed by atoms with van der Waals surface area (Å²) >= 11 is 1.43. The SMILES string of the molecule is COCCN(CC(C)C)C(=O)CSc1ccc(F)cc1. The Bertz CT molecular complexity index is 409. The van der Waals surface area contributed by atoms with Crippen molar-refractivity contribution in [2.24, 2.45) is 5.92 Å². The number of carbonyl (C=O) groups excluding carboxylic acids is 1. The fourth-order valence-corrected chi connectivity index (χ4v) is 2.53. The van der Waals surface area contributed by atoms with E-state index in [2.05, 4.69) is 13.8 Å². The fraction of sp³-hybridized carbons (Fsp3) is 0.533. The highest BCUT2D eigenvalue weighted by Gasteiger charge is 2.14. The lowest BCUT2D eigenvalue weighted by Crippen LogP contribution is -2.37. The van der Waals surface area contributed by atoms with Gasteiger partial charge in [0, 0.05) is 25.1 Å². The molecule has 5 heteroatoms. The van der Waals surface area contributed by atoms with Gasteiger partial charge in [0.05, 0.1) is 12.4 Å². The minimum atomic E-state index is -0.262. The molecule has 1 rings (SSSR count). The molecule has 0 unspecified atom stereocenters. The van der Waals surface area contributed by atoms with Gasteiger partial charge in [-0.3, -0.25) is 4.79 Å². The van der Waals surface area contributed by atoms with Gasteiger partial charge in [-0.25, -0.2) is 4.39 Å². The third-order valence-corrected chi connectivity index (χ3v) is 3.68. The van der Waals surface area contributed by atoms with E-state index in [1.165, 1.54) is 23.9 Å². The fourth-order valence-electron chi connectivity index (χ4n) is 1.73. The second kappa shape index (κ2) is 8.97. The van der Waals surface area contributed by atoms with Crippen LogP contribution in [0, 0.1) is 11.7 Å². The van der Waals surface area contributed by atoms with Crippen LogP contribution in [0.1, 0.15) is 13.8 Å². The van der Waals surface area contributed by atoms with E-state index in [0.29, 0.717) is 24.8 Å². The highest BCUT2D eigenvalue weighted by Crippen LogP contribution is 2.18. The molecule has 112 valence electrons. The van der Waals surface area contributed by atoms with Crippen molar-refractivity contribution in [3.63, 3.8) is 0 Å². The number of halogens is 1. The topological polar surface area (TPSA) is 29.5 Å². The number of methoxy groups -OCH3 is 1. The quantitative estimate of drug-likeness (QED) is 0.691. The van der Waals surface area contributed by atoms with Crippen LogP contribution < -0.4 is 0 Å². The molecule has 0 aromatic heterocycles. The molecule has 0 aliphatic heterocycles. The lowest BCUT2D eigenvalue weighted by Gasteiger charge is -2.24. The number of thioether (sulfide) groups is 1. The summed E-state index contributed by atoms with van der Waals surface area (Å²) in [5.74, 6) is 0.612. The molecule has 0 aliphatic rings. The average molecular weight is 299 g/mol. The normalized spacial score (nSPS) is 10.8. The van der Waals surface area contributed by atoms with Crippen LogP contribution in [0.15, 0.2) is 29.2 Å². The molecule has 0 saturated carbocycles. The molecule has 3 nitrogen and oxygen atoms in total. The van der Waals surface area contributed by atoms with Crippen molar-refractivity contribution < 1.29 is 13.9 Å². The predicted octanol–water partition coefficient (Wildman–Crippen LogP) is 3.05. The summed E-state index contributed by atoms with van der Waals surface area (Å²) in [7, 11) is 1.63. The van der Waals surface area contributed by atoms with E-state index < -0.39 is 0 Å². The van der Waals surface area contributed by atoms with Crippen LogP contribution in [0.5, 0.6) is 0 Å². The number of hydrogen-bond donors (Lipinski definition) is 0. The summed E-state index contributed by atoms with van der Waals surface area (Å²) in [6.45, 7) is 6.05. The lowest BCUT2D eigenvalue weighted by atomic mass is 10.2. The van der Waals surface area contributed by atoms with Gasteiger partial charge in [-0.05, 0) is 30.2 Å². The van der Waals surface area contributed by atoms with E-state index in [9.17, 15) is 9.18 Å². The molecule has 0 atom stereocenters. The molecule has 0 radical (unpaired) electrons. The molecular weight excluding hydrogens is 277 g/mol. The van der Waals surface area contributed by atoms with Crippen LogP contribution in [-0.2, 0) is 9.53 Å². The van der Waals surface area contributed by atoms with Crippen molar-refractivity contribution in [3.05, 3.63) is 30.1 Å². The van der Waals surface area contributed by atoms with Gasteiger partial charge in [-0.1, -0.05) is 13.8 Å². The monoisotopic (exact) mass is 299 g/mol. The first-order valence-corrected chi connectivity index (χ1v) is 7.66. The second-order valence-electron chi connectivity index (χ2n) is 4.97. The number of benzene rings is 1. The van der Waals surface area contributed by atoms with Gasteiger partial charge >= 0.3 is 0 Å². The third kappa shape index (κ3) is 6.39.